The van der Waals surface area contributed by atoms with Crippen LogP contribution in [0.25, 0.3) is 0 Å². The number of nitrogens with zero attached hydrogens (tertiary/aromatic N) is 1. The molecule has 1 saturated carbocycles. The summed E-state index contributed by atoms with van der Waals surface area (Å²) in [5.41, 5.74) is 0.767. The molecule has 0 saturated heterocycles. The number of hydrogen-bond donors (Lipinski definition) is 0. The Labute approximate surface area is 114 Å². The number of hydrogen-bond acceptors (Lipinski definition) is 3. The molecule has 2 unspecified atom stereocenters. The number of nitriles is 1. The number of rotatable bonds is 6. The molecule has 0 radical (unpaired) electrons. The van der Waals surface area contributed by atoms with Gasteiger partial charge in [-0.1, -0.05) is 19.1 Å². The summed E-state index contributed by atoms with van der Waals surface area (Å²) >= 11 is 0. The summed E-state index contributed by atoms with van der Waals surface area (Å²) in [6, 6.07) is 9.41. The van der Waals surface area contributed by atoms with Crippen LogP contribution in [0.15, 0.2) is 24.3 Å². The largest absolute Gasteiger partial charge is 0.494 e. The van der Waals surface area contributed by atoms with Crippen molar-refractivity contribution in [3.8, 4) is 11.8 Å². The van der Waals surface area contributed by atoms with Crippen LogP contribution in [0.1, 0.15) is 38.2 Å². The van der Waals surface area contributed by atoms with Crippen molar-refractivity contribution in [1.82, 2.24) is 0 Å². The summed E-state index contributed by atoms with van der Waals surface area (Å²) in [5.74, 6) is 0.660. The van der Waals surface area contributed by atoms with Crippen molar-refractivity contribution < 1.29 is 9.53 Å². The normalized spacial score (nSPS) is 17.3. The minimum absolute atomic E-state index is 0.00350. The predicted octanol–water partition coefficient (Wildman–Crippen LogP) is 3.31. The van der Waals surface area contributed by atoms with Gasteiger partial charge in [-0.25, -0.2) is 0 Å². The van der Waals surface area contributed by atoms with Gasteiger partial charge < -0.3 is 4.74 Å². The zero-order chi connectivity index (χ0) is 13.8. The summed E-state index contributed by atoms with van der Waals surface area (Å²) < 4.78 is 5.36. The maximum atomic E-state index is 12.3. The van der Waals surface area contributed by atoms with Gasteiger partial charge in [0.15, 0.2) is 5.78 Å². The number of carbonyl (C=O) groups is 1. The van der Waals surface area contributed by atoms with E-state index in [9.17, 15) is 10.1 Å². The summed E-state index contributed by atoms with van der Waals surface area (Å²) in [7, 11) is 0. The molecule has 0 heterocycles. The highest BCUT2D eigenvalue weighted by molar-refractivity contribution is 5.90. The Morgan fingerprint density at radius 2 is 2.05 bits per heavy atom. The van der Waals surface area contributed by atoms with Crippen LogP contribution in [-0.4, -0.2) is 12.4 Å². The SMILES string of the molecule is CCOc1ccc(C(C#N)C(=O)C(C)C2CC2)cc1. The highest BCUT2D eigenvalue weighted by Crippen LogP contribution is 2.39. The van der Waals surface area contributed by atoms with E-state index in [2.05, 4.69) is 6.07 Å². The van der Waals surface area contributed by atoms with E-state index in [1.807, 2.05) is 38.1 Å². The molecule has 1 aliphatic rings. The molecular weight excluding hydrogens is 238 g/mol. The molecule has 3 nitrogen and oxygen atoms in total. The van der Waals surface area contributed by atoms with Gasteiger partial charge in [-0.05, 0) is 43.4 Å². The van der Waals surface area contributed by atoms with E-state index >= 15 is 0 Å². The van der Waals surface area contributed by atoms with Gasteiger partial charge in [0, 0.05) is 5.92 Å². The Balaban J connectivity index is 2.12. The fourth-order valence-electron chi connectivity index (χ4n) is 2.32. The van der Waals surface area contributed by atoms with E-state index in [1.54, 1.807) is 0 Å². The lowest BCUT2D eigenvalue weighted by Crippen LogP contribution is -2.20. The Morgan fingerprint density at radius 1 is 1.42 bits per heavy atom. The van der Waals surface area contributed by atoms with Gasteiger partial charge in [0.2, 0.25) is 0 Å². The Kier molecular flexibility index (Phi) is 4.21. The molecular formula is C16H19NO2. The van der Waals surface area contributed by atoms with E-state index < -0.39 is 5.92 Å². The summed E-state index contributed by atoms with van der Waals surface area (Å²) in [6.07, 6.45) is 2.24. The van der Waals surface area contributed by atoms with Crippen molar-refractivity contribution in [2.24, 2.45) is 11.8 Å². The minimum Gasteiger partial charge on any atom is -0.494 e. The number of Topliss-reactive ketones (excluding diaryl/α,β-unsaturated/α-hetero) is 1. The lowest BCUT2D eigenvalue weighted by molar-refractivity contribution is -0.123. The van der Waals surface area contributed by atoms with Crippen LogP contribution in [0.5, 0.6) is 5.75 Å². The van der Waals surface area contributed by atoms with Gasteiger partial charge in [0.25, 0.3) is 0 Å². The quantitative estimate of drug-likeness (QED) is 0.785. The molecule has 0 bridgehead atoms. The minimum atomic E-state index is -0.647. The van der Waals surface area contributed by atoms with Crippen molar-refractivity contribution >= 4 is 5.78 Å². The molecule has 1 aliphatic carbocycles. The molecule has 2 rings (SSSR count). The van der Waals surface area contributed by atoms with Crippen LogP contribution < -0.4 is 4.74 Å². The average molecular weight is 257 g/mol. The van der Waals surface area contributed by atoms with E-state index in [-0.39, 0.29) is 11.7 Å². The number of benzene rings is 1. The first kappa shape index (κ1) is 13.6. The maximum absolute atomic E-state index is 12.3. The van der Waals surface area contributed by atoms with Crippen molar-refractivity contribution in [2.45, 2.75) is 32.6 Å². The monoisotopic (exact) mass is 257 g/mol. The first-order valence-electron chi connectivity index (χ1n) is 6.83. The zero-order valence-electron chi connectivity index (χ0n) is 11.4. The van der Waals surface area contributed by atoms with Gasteiger partial charge in [0.1, 0.15) is 11.7 Å². The smallest absolute Gasteiger partial charge is 0.157 e. The van der Waals surface area contributed by atoms with Gasteiger partial charge in [0.05, 0.1) is 12.7 Å². The molecule has 1 aromatic rings. The first-order chi connectivity index (χ1) is 9.17. The molecule has 1 aromatic carbocycles. The lowest BCUT2D eigenvalue weighted by Gasteiger charge is -2.14. The van der Waals surface area contributed by atoms with Crippen LogP contribution >= 0.6 is 0 Å². The van der Waals surface area contributed by atoms with E-state index in [4.69, 9.17) is 4.74 Å². The molecule has 0 spiro atoms. The van der Waals surface area contributed by atoms with Crippen LogP contribution in [0.3, 0.4) is 0 Å². The Morgan fingerprint density at radius 3 is 2.53 bits per heavy atom. The van der Waals surface area contributed by atoms with Gasteiger partial charge in [-0.2, -0.15) is 5.26 Å². The zero-order valence-corrected chi connectivity index (χ0v) is 11.4. The highest BCUT2D eigenvalue weighted by atomic mass is 16.5. The predicted molar refractivity (Wildman–Crippen MR) is 72.9 cm³/mol. The highest BCUT2D eigenvalue weighted by Gasteiger charge is 2.36. The third-order valence-electron chi connectivity index (χ3n) is 3.72. The van der Waals surface area contributed by atoms with E-state index in [0.717, 1.165) is 24.2 Å². The van der Waals surface area contributed by atoms with Crippen LogP contribution in [-0.2, 0) is 4.79 Å². The topological polar surface area (TPSA) is 50.1 Å². The number of carbonyl (C=O) groups excluding carboxylic acids is 1. The number of ketones is 1. The first-order valence-corrected chi connectivity index (χ1v) is 6.83. The lowest BCUT2D eigenvalue weighted by atomic mass is 9.87. The Hall–Kier alpha value is -1.82. The fourth-order valence-corrected chi connectivity index (χ4v) is 2.32. The Bertz CT molecular complexity index is 482. The molecule has 0 aromatic heterocycles. The van der Waals surface area contributed by atoms with Crippen LogP contribution in [0, 0.1) is 23.2 Å². The fraction of sp³-hybridized carbons (Fsp3) is 0.500. The van der Waals surface area contributed by atoms with Crippen molar-refractivity contribution in [2.75, 3.05) is 6.61 Å². The van der Waals surface area contributed by atoms with Crippen LogP contribution in [0.4, 0.5) is 0 Å². The van der Waals surface area contributed by atoms with Gasteiger partial charge in [-0.3, -0.25) is 4.79 Å². The molecule has 1 fully saturated rings. The van der Waals surface area contributed by atoms with Crippen molar-refractivity contribution in [3.63, 3.8) is 0 Å². The van der Waals surface area contributed by atoms with E-state index in [0.29, 0.717) is 12.5 Å². The summed E-state index contributed by atoms with van der Waals surface area (Å²) in [5, 5.41) is 9.27. The van der Waals surface area contributed by atoms with Gasteiger partial charge >= 0.3 is 0 Å². The molecule has 0 amide bonds. The van der Waals surface area contributed by atoms with Gasteiger partial charge in [-0.15, -0.1) is 0 Å². The molecule has 19 heavy (non-hydrogen) atoms. The van der Waals surface area contributed by atoms with E-state index in [1.165, 1.54) is 0 Å². The molecule has 0 N–H and O–H groups in total. The van der Waals surface area contributed by atoms with Crippen molar-refractivity contribution in [1.29, 1.82) is 5.26 Å². The van der Waals surface area contributed by atoms with Crippen LogP contribution in [0.2, 0.25) is 0 Å². The second-order valence-electron chi connectivity index (χ2n) is 5.09. The molecule has 0 aliphatic heterocycles. The summed E-state index contributed by atoms with van der Waals surface area (Å²) in [4.78, 5) is 12.3. The number of ether oxygens (including phenoxy) is 1. The van der Waals surface area contributed by atoms with Crippen molar-refractivity contribution in [3.05, 3.63) is 29.8 Å². The second-order valence-corrected chi connectivity index (χ2v) is 5.09. The maximum Gasteiger partial charge on any atom is 0.157 e. The standard InChI is InChI=1S/C16H19NO2/c1-3-19-14-8-6-13(7-9-14)15(10-17)16(18)11(2)12-4-5-12/h6-9,11-12,15H,3-5H2,1-2H3. The second kappa shape index (κ2) is 5.88. The third-order valence-corrected chi connectivity index (χ3v) is 3.72. The third kappa shape index (κ3) is 3.14. The molecule has 3 heteroatoms. The summed E-state index contributed by atoms with van der Waals surface area (Å²) in [6.45, 7) is 4.48. The molecule has 2 atom stereocenters. The average Bonchev–Trinajstić information content (AvgIpc) is 3.25. The molecule has 100 valence electrons.